The summed E-state index contributed by atoms with van der Waals surface area (Å²) < 4.78 is 43.6. The molecular weight excluding hydrogens is 301 g/mol. The minimum Gasteiger partial charge on any atom is -0.492 e. The van der Waals surface area contributed by atoms with Gasteiger partial charge in [0.1, 0.15) is 5.75 Å². The van der Waals surface area contributed by atoms with Gasteiger partial charge in [-0.15, -0.1) is 0 Å². The van der Waals surface area contributed by atoms with Gasteiger partial charge in [-0.3, -0.25) is 4.79 Å². The van der Waals surface area contributed by atoms with Crippen LogP contribution in [0.1, 0.15) is 29.8 Å². The molecule has 0 saturated carbocycles. The second-order valence-corrected chi connectivity index (χ2v) is 4.14. The van der Waals surface area contributed by atoms with E-state index in [2.05, 4.69) is 15.9 Å². The van der Waals surface area contributed by atoms with Crippen molar-refractivity contribution in [3.63, 3.8) is 0 Å². The summed E-state index contributed by atoms with van der Waals surface area (Å²) in [4.78, 5) is 11.4. The molecule has 6 heteroatoms. The van der Waals surface area contributed by atoms with E-state index in [-0.39, 0.29) is 12.4 Å². The Morgan fingerprint density at radius 3 is 2.41 bits per heavy atom. The normalized spacial score (nSPS) is 11.4. The van der Waals surface area contributed by atoms with Crippen LogP contribution in [0.4, 0.5) is 13.2 Å². The zero-order valence-electron chi connectivity index (χ0n) is 9.19. The number of alkyl halides is 3. The molecule has 0 atom stereocenters. The smallest absolute Gasteiger partial charge is 0.417 e. The predicted molar refractivity (Wildman–Crippen MR) is 60.3 cm³/mol. The van der Waals surface area contributed by atoms with Crippen molar-refractivity contribution in [2.24, 2.45) is 0 Å². The highest BCUT2D eigenvalue weighted by Gasteiger charge is 2.36. The highest BCUT2D eigenvalue weighted by molar-refractivity contribution is 9.10. The van der Waals surface area contributed by atoms with Crippen molar-refractivity contribution in [3.05, 3.63) is 27.7 Å². The standard InChI is InChI=1S/C11H10BrF3O2/c1-3-17-10-8(12)5-4-7(11(13,14)15)9(10)6(2)16/h4-5H,3H2,1-2H3. The van der Waals surface area contributed by atoms with Gasteiger partial charge in [-0.05, 0) is 41.9 Å². The third-order valence-electron chi connectivity index (χ3n) is 2.06. The largest absolute Gasteiger partial charge is 0.492 e. The van der Waals surface area contributed by atoms with Crippen molar-refractivity contribution in [1.82, 2.24) is 0 Å². The van der Waals surface area contributed by atoms with Gasteiger partial charge in [-0.25, -0.2) is 0 Å². The van der Waals surface area contributed by atoms with Crippen LogP contribution in [-0.4, -0.2) is 12.4 Å². The summed E-state index contributed by atoms with van der Waals surface area (Å²) in [5.41, 5.74) is -1.41. The van der Waals surface area contributed by atoms with E-state index in [1.807, 2.05) is 0 Å². The molecule has 2 nitrogen and oxygen atoms in total. The van der Waals surface area contributed by atoms with Gasteiger partial charge in [-0.1, -0.05) is 0 Å². The predicted octanol–water partition coefficient (Wildman–Crippen LogP) is 4.07. The zero-order chi connectivity index (χ0) is 13.2. The summed E-state index contributed by atoms with van der Waals surface area (Å²) >= 11 is 3.07. The average molecular weight is 311 g/mol. The second-order valence-electron chi connectivity index (χ2n) is 3.29. The van der Waals surface area contributed by atoms with Crippen molar-refractivity contribution in [2.45, 2.75) is 20.0 Å². The van der Waals surface area contributed by atoms with Crippen LogP contribution in [0.3, 0.4) is 0 Å². The quantitative estimate of drug-likeness (QED) is 0.787. The van der Waals surface area contributed by atoms with E-state index in [1.54, 1.807) is 6.92 Å². The molecule has 17 heavy (non-hydrogen) atoms. The molecule has 0 aliphatic heterocycles. The summed E-state index contributed by atoms with van der Waals surface area (Å²) in [7, 11) is 0. The number of Topliss-reactive ketones (excluding diaryl/α,β-unsaturated/α-hetero) is 1. The van der Waals surface area contributed by atoms with Crippen molar-refractivity contribution in [2.75, 3.05) is 6.61 Å². The number of ether oxygens (including phenoxy) is 1. The lowest BCUT2D eigenvalue weighted by atomic mass is 10.0. The Labute approximate surface area is 105 Å². The van der Waals surface area contributed by atoms with Gasteiger partial charge in [0.15, 0.2) is 5.78 Å². The fourth-order valence-corrected chi connectivity index (χ4v) is 1.87. The Kier molecular flexibility index (Phi) is 4.19. The summed E-state index contributed by atoms with van der Waals surface area (Å²) in [5.74, 6) is -0.739. The SMILES string of the molecule is CCOc1c(Br)ccc(C(F)(F)F)c1C(C)=O. The van der Waals surface area contributed by atoms with Gasteiger partial charge in [0.25, 0.3) is 0 Å². The molecule has 94 valence electrons. The number of carbonyl (C=O) groups is 1. The molecule has 0 unspecified atom stereocenters. The third kappa shape index (κ3) is 3.00. The number of hydrogen-bond acceptors (Lipinski definition) is 2. The molecule has 0 bridgehead atoms. The van der Waals surface area contributed by atoms with Crippen molar-refractivity contribution >= 4 is 21.7 Å². The summed E-state index contributed by atoms with van der Waals surface area (Å²) in [6, 6.07) is 2.09. The summed E-state index contributed by atoms with van der Waals surface area (Å²) in [5, 5.41) is 0. The molecule has 0 aromatic heterocycles. The van der Waals surface area contributed by atoms with E-state index < -0.39 is 23.1 Å². The van der Waals surface area contributed by atoms with E-state index in [0.717, 1.165) is 13.0 Å². The van der Waals surface area contributed by atoms with Gasteiger partial charge in [0, 0.05) is 0 Å². The fourth-order valence-electron chi connectivity index (χ4n) is 1.43. The van der Waals surface area contributed by atoms with Crippen LogP contribution in [0.2, 0.25) is 0 Å². The molecule has 0 aliphatic rings. The average Bonchev–Trinajstić information content (AvgIpc) is 2.18. The van der Waals surface area contributed by atoms with Crippen molar-refractivity contribution in [1.29, 1.82) is 0 Å². The first-order chi connectivity index (χ1) is 7.79. The van der Waals surface area contributed by atoms with Crippen molar-refractivity contribution < 1.29 is 22.7 Å². The zero-order valence-corrected chi connectivity index (χ0v) is 10.8. The lowest BCUT2D eigenvalue weighted by molar-refractivity contribution is -0.138. The molecule has 0 amide bonds. The molecule has 0 aliphatic carbocycles. The van der Waals surface area contributed by atoms with E-state index in [4.69, 9.17) is 4.74 Å². The first kappa shape index (κ1) is 14.0. The molecule has 0 spiro atoms. The number of halogens is 4. The van der Waals surface area contributed by atoms with Gasteiger partial charge in [0.05, 0.1) is 22.2 Å². The lowest BCUT2D eigenvalue weighted by Crippen LogP contribution is -2.14. The minimum absolute atomic E-state index is 0.0603. The maximum Gasteiger partial charge on any atom is 0.417 e. The molecule has 0 saturated heterocycles. The maximum atomic E-state index is 12.7. The number of ketones is 1. The minimum atomic E-state index is -4.58. The molecule has 0 heterocycles. The Hall–Kier alpha value is -1.04. The van der Waals surface area contributed by atoms with Gasteiger partial charge >= 0.3 is 6.18 Å². The topological polar surface area (TPSA) is 26.3 Å². The molecule has 1 aromatic carbocycles. The van der Waals surface area contributed by atoms with Crippen molar-refractivity contribution in [3.8, 4) is 5.75 Å². The van der Waals surface area contributed by atoms with Gasteiger partial charge in [0.2, 0.25) is 0 Å². The van der Waals surface area contributed by atoms with Crippen LogP contribution in [0.15, 0.2) is 16.6 Å². The molecule has 0 radical (unpaired) electrons. The first-order valence-corrected chi connectivity index (χ1v) is 5.61. The van der Waals surface area contributed by atoms with Crippen LogP contribution in [0, 0.1) is 0 Å². The Morgan fingerprint density at radius 2 is 2.00 bits per heavy atom. The highest BCUT2D eigenvalue weighted by atomic mass is 79.9. The van der Waals surface area contributed by atoms with Crippen LogP contribution in [0.25, 0.3) is 0 Å². The Bertz CT molecular complexity index is 441. The molecular formula is C11H10BrF3O2. The number of benzene rings is 1. The third-order valence-corrected chi connectivity index (χ3v) is 2.68. The van der Waals surface area contributed by atoms with E-state index in [1.165, 1.54) is 6.07 Å². The maximum absolute atomic E-state index is 12.7. The number of carbonyl (C=O) groups excluding carboxylic acids is 1. The molecule has 0 N–H and O–H groups in total. The van der Waals surface area contributed by atoms with E-state index in [9.17, 15) is 18.0 Å². The Balaban J connectivity index is 3.53. The van der Waals surface area contributed by atoms with Gasteiger partial charge in [-0.2, -0.15) is 13.2 Å². The van der Waals surface area contributed by atoms with Crippen LogP contribution in [-0.2, 0) is 6.18 Å². The molecule has 1 rings (SSSR count). The molecule has 1 aromatic rings. The first-order valence-electron chi connectivity index (χ1n) is 4.82. The number of rotatable bonds is 3. The molecule has 0 fully saturated rings. The fraction of sp³-hybridized carbons (Fsp3) is 0.364. The second kappa shape index (κ2) is 5.08. The van der Waals surface area contributed by atoms with E-state index in [0.29, 0.717) is 4.47 Å². The number of hydrogen-bond donors (Lipinski definition) is 0. The van der Waals surface area contributed by atoms with E-state index >= 15 is 0 Å². The lowest BCUT2D eigenvalue weighted by Gasteiger charge is -2.16. The summed E-state index contributed by atoms with van der Waals surface area (Å²) in [6.45, 7) is 2.90. The van der Waals surface area contributed by atoms with Crippen LogP contribution >= 0.6 is 15.9 Å². The van der Waals surface area contributed by atoms with Gasteiger partial charge < -0.3 is 4.74 Å². The van der Waals surface area contributed by atoms with Crippen LogP contribution in [0.5, 0.6) is 5.75 Å². The van der Waals surface area contributed by atoms with Crippen LogP contribution < -0.4 is 4.74 Å². The highest BCUT2D eigenvalue weighted by Crippen LogP contribution is 2.40. The monoisotopic (exact) mass is 310 g/mol. The Morgan fingerprint density at radius 1 is 1.41 bits per heavy atom. The summed E-state index contributed by atoms with van der Waals surface area (Å²) in [6.07, 6.45) is -4.58.